The highest BCUT2D eigenvalue weighted by Gasteiger charge is 1.99. The third kappa shape index (κ3) is 4.28. The predicted octanol–water partition coefficient (Wildman–Crippen LogP) is 4.65. The van der Waals surface area contributed by atoms with Gasteiger partial charge in [-0.2, -0.15) is 0 Å². The normalized spacial score (nSPS) is 10.5. The molecule has 0 saturated carbocycles. The molecule has 0 spiro atoms. The smallest absolute Gasteiger partial charge is 0.123 e. The number of benzene rings is 2. The minimum absolute atomic E-state index is 0.199. The topological polar surface area (TPSA) is 12.0 Å². The lowest BCUT2D eigenvalue weighted by molar-refractivity contribution is 0.628. The average Bonchev–Trinajstić information content (AvgIpc) is 2.39. The van der Waals surface area contributed by atoms with Crippen LogP contribution in [0, 0.1) is 19.7 Å². The van der Waals surface area contributed by atoms with Gasteiger partial charge in [0.25, 0.3) is 0 Å². The van der Waals surface area contributed by atoms with Crippen molar-refractivity contribution in [3.05, 3.63) is 59.4 Å². The van der Waals surface area contributed by atoms with Crippen molar-refractivity contribution in [2.45, 2.75) is 18.7 Å². The van der Waals surface area contributed by atoms with Gasteiger partial charge in [0.15, 0.2) is 0 Å². The highest BCUT2D eigenvalue weighted by molar-refractivity contribution is 7.99. The first-order valence-corrected chi connectivity index (χ1v) is 7.33. The van der Waals surface area contributed by atoms with Crippen LogP contribution in [0.5, 0.6) is 0 Å². The largest absolute Gasteiger partial charge is 0.384 e. The number of anilines is 1. The Bertz CT molecular complexity index is 537. The Morgan fingerprint density at radius 2 is 1.79 bits per heavy atom. The Morgan fingerprint density at radius 1 is 1.05 bits per heavy atom. The van der Waals surface area contributed by atoms with Gasteiger partial charge < -0.3 is 5.32 Å². The molecule has 0 bridgehead atoms. The summed E-state index contributed by atoms with van der Waals surface area (Å²) in [6, 6.07) is 13.0. The van der Waals surface area contributed by atoms with Crippen molar-refractivity contribution in [2.24, 2.45) is 0 Å². The molecule has 0 amide bonds. The Hall–Kier alpha value is -1.48. The summed E-state index contributed by atoms with van der Waals surface area (Å²) in [7, 11) is 0. The molecule has 0 aliphatic heterocycles. The zero-order chi connectivity index (χ0) is 13.7. The summed E-state index contributed by atoms with van der Waals surface area (Å²) < 4.78 is 12.7. The molecule has 0 heterocycles. The van der Waals surface area contributed by atoms with Crippen molar-refractivity contribution in [1.82, 2.24) is 0 Å². The fourth-order valence-electron chi connectivity index (χ4n) is 1.89. The lowest BCUT2D eigenvalue weighted by atomic mass is 10.2. The van der Waals surface area contributed by atoms with Crippen LogP contribution in [-0.4, -0.2) is 12.3 Å². The maximum absolute atomic E-state index is 12.7. The lowest BCUT2D eigenvalue weighted by Crippen LogP contribution is -2.04. The zero-order valence-electron chi connectivity index (χ0n) is 11.2. The number of hydrogen-bond acceptors (Lipinski definition) is 2. The van der Waals surface area contributed by atoms with Gasteiger partial charge >= 0.3 is 0 Å². The van der Waals surface area contributed by atoms with Crippen LogP contribution in [0.1, 0.15) is 11.1 Å². The molecule has 1 N–H and O–H groups in total. The number of thioether (sulfide) groups is 1. The van der Waals surface area contributed by atoms with Crippen molar-refractivity contribution < 1.29 is 4.39 Å². The van der Waals surface area contributed by atoms with E-state index in [1.165, 1.54) is 28.2 Å². The van der Waals surface area contributed by atoms with Gasteiger partial charge in [0.1, 0.15) is 5.82 Å². The average molecular weight is 275 g/mol. The fraction of sp³-hybridized carbons (Fsp3) is 0.250. The molecule has 2 aromatic rings. The molecule has 0 radical (unpaired) electrons. The second kappa shape index (κ2) is 6.62. The molecule has 0 aromatic heterocycles. The van der Waals surface area contributed by atoms with Gasteiger partial charge in [-0.25, -0.2) is 4.39 Å². The summed E-state index contributed by atoms with van der Waals surface area (Å²) in [5, 5.41) is 3.29. The van der Waals surface area contributed by atoms with E-state index in [0.29, 0.717) is 0 Å². The van der Waals surface area contributed by atoms with Crippen molar-refractivity contribution in [2.75, 3.05) is 17.6 Å². The first-order chi connectivity index (χ1) is 9.15. The molecule has 0 atom stereocenters. The van der Waals surface area contributed by atoms with E-state index in [4.69, 9.17) is 0 Å². The first-order valence-electron chi connectivity index (χ1n) is 6.34. The van der Waals surface area contributed by atoms with Crippen LogP contribution in [0.15, 0.2) is 47.4 Å². The molecule has 19 heavy (non-hydrogen) atoms. The van der Waals surface area contributed by atoms with Gasteiger partial charge in [-0.1, -0.05) is 17.7 Å². The molecule has 0 aliphatic rings. The molecule has 2 rings (SSSR count). The number of nitrogens with one attached hydrogen (secondary N) is 1. The van der Waals surface area contributed by atoms with Crippen molar-refractivity contribution in [3.8, 4) is 0 Å². The minimum atomic E-state index is -0.199. The minimum Gasteiger partial charge on any atom is -0.384 e. The summed E-state index contributed by atoms with van der Waals surface area (Å²) in [4.78, 5) is 1.33. The maximum atomic E-state index is 12.7. The van der Waals surface area contributed by atoms with E-state index in [-0.39, 0.29) is 5.82 Å². The van der Waals surface area contributed by atoms with Crippen LogP contribution in [0.25, 0.3) is 0 Å². The number of aryl methyl sites for hydroxylation is 2. The lowest BCUT2D eigenvalue weighted by Gasteiger charge is -2.08. The van der Waals surface area contributed by atoms with Crippen LogP contribution < -0.4 is 5.32 Å². The highest BCUT2D eigenvalue weighted by Crippen LogP contribution is 2.23. The summed E-state index contributed by atoms with van der Waals surface area (Å²) in [6.45, 7) is 5.11. The Morgan fingerprint density at radius 3 is 2.47 bits per heavy atom. The van der Waals surface area contributed by atoms with E-state index in [2.05, 4.69) is 37.4 Å². The molecule has 1 nitrogen and oxygen atoms in total. The molecular formula is C16H18FNS. The van der Waals surface area contributed by atoms with E-state index in [1.807, 2.05) is 11.8 Å². The third-order valence-electron chi connectivity index (χ3n) is 2.86. The Balaban J connectivity index is 1.79. The van der Waals surface area contributed by atoms with Crippen LogP contribution in [-0.2, 0) is 0 Å². The monoisotopic (exact) mass is 275 g/mol. The second-order valence-electron chi connectivity index (χ2n) is 4.55. The van der Waals surface area contributed by atoms with Crippen LogP contribution in [0.4, 0.5) is 10.1 Å². The van der Waals surface area contributed by atoms with Crippen LogP contribution in [0.3, 0.4) is 0 Å². The summed E-state index contributed by atoms with van der Waals surface area (Å²) in [5.74, 6) is 0.788. The SMILES string of the molecule is Cc1ccc(SCCNc2ccc(F)cc2)c(C)c1. The van der Waals surface area contributed by atoms with E-state index in [1.54, 1.807) is 12.1 Å². The third-order valence-corrected chi connectivity index (χ3v) is 4.04. The van der Waals surface area contributed by atoms with Gasteiger partial charge in [0, 0.05) is 22.9 Å². The predicted molar refractivity (Wildman–Crippen MR) is 81.5 cm³/mol. The Kier molecular flexibility index (Phi) is 4.86. The van der Waals surface area contributed by atoms with Gasteiger partial charge in [0.05, 0.1) is 0 Å². The summed E-state index contributed by atoms with van der Waals surface area (Å²) in [5.41, 5.74) is 3.58. The Labute approximate surface area is 118 Å². The van der Waals surface area contributed by atoms with Crippen LogP contribution >= 0.6 is 11.8 Å². The van der Waals surface area contributed by atoms with Crippen molar-refractivity contribution >= 4 is 17.4 Å². The number of rotatable bonds is 5. The van der Waals surface area contributed by atoms with E-state index in [9.17, 15) is 4.39 Å². The van der Waals surface area contributed by atoms with Gasteiger partial charge in [0.2, 0.25) is 0 Å². The number of halogens is 1. The van der Waals surface area contributed by atoms with Crippen molar-refractivity contribution in [1.29, 1.82) is 0 Å². The van der Waals surface area contributed by atoms with E-state index in [0.717, 1.165) is 18.0 Å². The van der Waals surface area contributed by atoms with Crippen molar-refractivity contribution in [3.63, 3.8) is 0 Å². The molecule has 0 fully saturated rings. The summed E-state index contributed by atoms with van der Waals surface area (Å²) in [6.07, 6.45) is 0. The number of hydrogen-bond donors (Lipinski definition) is 1. The molecule has 100 valence electrons. The van der Waals surface area contributed by atoms with Gasteiger partial charge in [-0.3, -0.25) is 0 Å². The molecular weight excluding hydrogens is 257 g/mol. The maximum Gasteiger partial charge on any atom is 0.123 e. The van der Waals surface area contributed by atoms with E-state index >= 15 is 0 Å². The zero-order valence-corrected chi connectivity index (χ0v) is 12.1. The molecule has 0 saturated heterocycles. The summed E-state index contributed by atoms with van der Waals surface area (Å²) >= 11 is 1.84. The highest BCUT2D eigenvalue weighted by atomic mass is 32.2. The fourth-order valence-corrected chi connectivity index (χ4v) is 2.76. The van der Waals surface area contributed by atoms with Gasteiger partial charge in [-0.15, -0.1) is 11.8 Å². The molecule has 3 heteroatoms. The molecule has 0 unspecified atom stereocenters. The standard InChI is InChI=1S/C16H18FNS/c1-12-3-8-16(13(2)11-12)19-10-9-18-15-6-4-14(17)5-7-15/h3-8,11,18H,9-10H2,1-2H3. The van der Waals surface area contributed by atoms with Gasteiger partial charge in [-0.05, 0) is 49.7 Å². The quantitative estimate of drug-likeness (QED) is 0.630. The van der Waals surface area contributed by atoms with E-state index < -0.39 is 0 Å². The first kappa shape index (κ1) is 13.9. The molecule has 2 aromatic carbocycles. The van der Waals surface area contributed by atoms with Crippen LogP contribution in [0.2, 0.25) is 0 Å². The second-order valence-corrected chi connectivity index (χ2v) is 5.69. The molecule has 0 aliphatic carbocycles.